The van der Waals surface area contributed by atoms with Gasteiger partial charge < -0.3 is 14.6 Å². The van der Waals surface area contributed by atoms with Crippen molar-refractivity contribution in [2.45, 2.75) is 19.9 Å². The number of anilines is 1. The fraction of sp³-hybridized carbons (Fsp3) is 0.333. The Morgan fingerprint density at radius 2 is 2.22 bits per heavy atom. The van der Waals surface area contributed by atoms with Crippen molar-refractivity contribution in [3.05, 3.63) is 34.9 Å². The maximum absolute atomic E-state index is 6.05. The fourth-order valence-corrected chi connectivity index (χ4v) is 1.81. The van der Waals surface area contributed by atoms with Gasteiger partial charge in [-0.2, -0.15) is 4.98 Å². The molecule has 1 aromatic heterocycles. The average Bonchev–Trinajstić information content (AvgIpc) is 2.76. The molecule has 2 aromatic rings. The summed E-state index contributed by atoms with van der Waals surface area (Å²) in [5.74, 6) is 1.80. The van der Waals surface area contributed by atoms with Gasteiger partial charge in [-0.3, -0.25) is 0 Å². The summed E-state index contributed by atoms with van der Waals surface area (Å²) in [6.07, 6.45) is 0. The molecular formula is C12H14ClN3O2. The van der Waals surface area contributed by atoms with Gasteiger partial charge in [0.2, 0.25) is 5.89 Å². The molecule has 0 radical (unpaired) electrons. The molecule has 0 amide bonds. The smallest absolute Gasteiger partial charge is 0.248 e. The molecule has 18 heavy (non-hydrogen) atoms. The van der Waals surface area contributed by atoms with Crippen LogP contribution in [0.25, 0.3) is 0 Å². The lowest BCUT2D eigenvalue weighted by Gasteiger charge is -2.12. The number of aromatic nitrogens is 2. The second-order valence-electron chi connectivity index (χ2n) is 3.90. The van der Waals surface area contributed by atoms with Crippen LogP contribution < -0.4 is 10.1 Å². The number of methoxy groups -OCH3 is 1. The highest BCUT2D eigenvalue weighted by molar-refractivity contribution is 6.32. The Morgan fingerprint density at radius 3 is 2.78 bits per heavy atom. The number of nitrogens with one attached hydrogen (secondary N) is 1. The molecule has 0 aliphatic carbocycles. The Balaban J connectivity index is 2.12. The summed E-state index contributed by atoms with van der Waals surface area (Å²) in [7, 11) is 1.58. The van der Waals surface area contributed by atoms with Crippen LogP contribution in [0.4, 0.5) is 5.69 Å². The highest BCUT2D eigenvalue weighted by Gasteiger charge is 2.13. The van der Waals surface area contributed by atoms with Gasteiger partial charge in [0, 0.05) is 5.69 Å². The number of hydrogen-bond donors (Lipinski definition) is 1. The fourth-order valence-electron chi connectivity index (χ4n) is 1.56. The molecule has 0 aliphatic rings. The minimum Gasteiger partial charge on any atom is -0.495 e. The van der Waals surface area contributed by atoms with Crippen molar-refractivity contribution in [3.63, 3.8) is 0 Å². The van der Waals surface area contributed by atoms with Gasteiger partial charge in [0.1, 0.15) is 11.8 Å². The van der Waals surface area contributed by atoms with Gasteiger partial charge in [-0.15, -0.1) is 0 Å². The molecule has 1 aromatic carbocycles. The first kappa shape index (κ1) is 12.7. The maximum atomic E-state index is 6.05. The van der Waals surface area contributed by atoms with Crippen molar-refractivity contribution in [2.24, 2.45) is 0 Å². The highest BCUT2D eigenvalue weighted by atomic mass is 35.5. The monoisotopic (exact) mass is 267 g/mol. The van der Waals surface area contributed by atoms with E-state index >= 15 is 0 Å². The number of benzene rings is 1. The summed E-state index contributed by atoms with van der Waals surface area (Å²) in [5.41, 5.74) is 0.865. The van der Waals surface area contributed by atoms with Gasteiger partial charge >= 0.3 is 0 Å². The van der Waals surface area contributed by atoms with Crippen LogP contribution in [0.3, 0.4) is 0 Å². The van der Waals surface area contributed by atoms with Crippen LogP contribution in [-0.2, 0) is 0 Å². The molecule has 5 nitrogen and oxygen atoms in total. The summed E-state index contributed by atoms with van der Waals surface area (Å²) in [5, 5.41) is 7.53. The molecule has 0 spiro atoms. The number of nitrogens with zero attached hydrogens (tertiary/aromatic N) is 2. The zero-order valence-electron chi connectivity index (χ0n) is 10.4. The third kappa shape index (κ3) is 2.73. The number of halogens is 1. The first-order valence-corrected chi connectivity index (χ1v) is 5.88. The molecule has 1 atom stereocenters. The first-order chi connectivity index (χ1) is 8.60. The lowest BCUT2D eigenvalue weighted by molar-refractivity contribution is 0.364. The van der Waals surface area contributed by atoms with Crippen LogP contribution in [0.5, 0.6) is 5.75 Å². The van der Waals surface area contributed by atoms with E-state index in [9.17, 15) is 0 Å². The lowest BCUT2D eigenvalue weighted by Crippen LogP contribution is -2.07. The second-order valence-corrected chi connectivity index (χ2v) is 4.30. The lowest BCUT2D eigenvalue weighted by atomic mass is 10.2. The van der Waals surface area contributed by atoms with E-state index in [-0.39, 0.29) is 6.04 Å². The Kier molecular flexibility index (Phi) is 3.72. The maximum Gasteiger partial charge on any atom is 0.248 e. The zero-order chi connectivity index (χ0) is 13.1. The average molecular weight is 268 g/mol. The second kappa shape index (κ2) is 5.27. The Hall–Kier alpha value is -1.75. The van der Waals surface area contributed by atoms with Crippen LogP contribution in [0.1, 0.15) is 24.7 Å². The minimum atomic E-state index is -0.0874. The Labute approximate surface area is 110 Å². The van der Waals surface area contributed by atoms with E-state index in [0.717, 1.165) is 5.69 Å². The van der Waals surface area contributed by atoms with E-state index in [1.165, 1.54) is 0 Å². The summed E-state index contributed by atoms with van der Waals surface area (Å²) in [6.45, 7) is 3.72. The van der Waals surface area contributed by atoms with Crippen LogP contribution >= 0.6 is 11.6 Å². The molecule has 1 N–H and O–H groups in total. The van der Waals surface area contributed by atoms with Crippen molar-refractivity contribution in [2.75, 3.05) is 12.4 Å². The van der Waals surface area contributed by atoms with E-state index in [1.807, 2.05) is 13.0 Å². The molecule has 0 aliphatic heterocycles. The van der Waals surface area contributed by atoms with E-state index in [0.29, 0.717) is 22.5 Å². The summed E-state index contributed by atoms with van der Waals surface area (Å²) >= 11 is 6.05. The van der Waals surface area contributed by atoms with Crippen molar-refractivity contribution in [1.29, 1.82) is 0 Å². The minimum absolute atomic E-state index is 0.0874. The van der Waals surface area contributed by atoms with Crippen molar-refractivity contribution < 1.29 is 9.26 Å². The van der Waals surface area contributed by atoms with E-state index in [1.54, 1.807) is 26.2 Å². The van der Waals surface area contributed by atoms with Crippen molar-refractivity contribution >= 4 is 17.3 Å². The number of hydrogen-bond acceptors (Lipinski definition) is 5. The normalized spacial score (nSPS) is 12.2. The molecule has 2 rings (SSSR count). The quantitative estimate of drug-likeness (QED) is 0.922. The SMILES string of the molecule is COc1ccc(N[C@@H](C)c2nc(C)no2)cc1Cl. The van der Waals surface area contributed by atoms with Crippen LogP contribution in [-0.4, -0.2) is 17.3 Å². The molecule has 0 unspecified atom stereocenters. The van der Waals surface area contributed by atoms with Gasteiger partial charge in [-0.05, 0) is 32.0 Å². The van der Waals surface area contributed by atoms with E-state index in [4.69, 9.17) is 20.9 Å². The van der Waals surface area contributed by atoms with Crippen LogP contribution in [0.2, 0.25) is 5.02 Å². The number of ether oxygens (including phenoxy) is 1. The van der Waals surface area contributed by atoms with Gasteiger partial charge in [0.15, 0.2) is 5.82 Å². The molecule has 0 fully saturated rings. The Bertz CT molecular complexity index is 542. The van der Waals surface area contributed by atoms with Gasteiger partial charge in [-0.25, -0.2) is 0 Å². The molecule has 1 heterocycles. The molecule has 96 valence electrons. The summed E-state index contributed by atoms with van der Waals surface area (Å²) < 4.78 is 10.2. The third-order valence-corrected chi connectivity index (χ3v) is 2.74. The molecule has 6 heteroatoms. The zero-order valence-corrected chi connectivity index (χ0v) is 11.2. The topological polar surface area (TPSA) is 60.2 Å². The molecule has 0 saturated heterocycles. The third-order valence-electron chi connectivity index (χ3n) is 2.45. The van der Waals surface area contributed by atoms with Crippen molar-refractivity contribution in [3.8, 4) is 5.75 Å². The summed E-state index contributed by atoms with van der Waals surface area (Å²) in [6, 6.07) is 5.39. The molecular weight excluding hydrogens is 254 g/mol. The van der Waals surface area contributed by atoms with Crippen LogP contribution in [0, 0.1) is 6.92 Å². The van der Waals surface area contributed by atoms with E-state index < -0.39 is 0 Å². The van der Waals surface area contributed by atoms with Gasteiger partial charge in [0.05, 0.1) is 12.1 Å². The predicted molar refractivity (Wildman–Crippen MR) is 69.1 cm³/mol. The number of aryl methyl sites for hydroxylation is 1. The van der Waals surface area contributed by atoms with Gasteiger partial charge in [0.25, 0.3) is 0 Å². The van der Waals surface area contributed by atoms with Crippen molar-refractivity contribution in [1.82, 2.24) is 10.1 Å². The standard InChI is InChI=1S/C12H14ClN3O2/c1-7(12-15-8(2)16-18-12)14-9-4-5-11(17-3)10(13)6-9/h4-7,14H,1-3H3/t7-/m0/s1. The Morgan fingerprint density at radius 1 is 1.44 bits per heavy atom. The number of rotatable bonds is 4. The molecule has 0 bridgehead atoms. The van der Waals surface area contributed by atoms with Crippen LogP contribution in [0.15, 0.2) is 22.7 Å². The first-order valence-electron chi connectivity index (χ1n) is 5.50. The largest absolute Gasteiger partial charge is 0.495 e. The predicted octanol–water partition coefficient (Wildman–Crippen LogP) is 3.21. The van der Waals surface area contributed by atoms with Gasteiger partial charge in [-0.1, -0.05) is 16.8 Å². The highest BCUT2D eigenvalue weighted by Crippen LogP contribution is 2.28. The van der Waals surface area contributed by atoms with E-state index in [2.05, 4.69) is 15.5 Å². The summed E-state index contributed by atoms with van der Waals surface area (Å²) in [4.78, 5) is 4.16. The molecule has 0 saturated carbocycles.